The van der Waals surface area contributed by atoms with Crippen LogP contribution < -0.4 is 10.1 Å². The molecule has 1 fully saturated rings. The number of carbonyl (C=O) groups excluding carboxylic acids is 1. The normalized spacial score (nSPS) is 17.5. The quantitative estimate of drug-likeness (QED) is 0.900. The molecular weight excluding hydrogens is 320 g/mol. The van der Waals surface area contributed by atoms with Crippen LogP contribution in [0.3, 0.4) is 0 Å². The van der Waals surface area contributed by atoms with Crippen molar-refractivity contribution in [1.29, 1.82) is 0 Å². The second-order valence-electron chi connectivity index (χ2n) is 6.39. The van der Waals surface area contributed by atoms with Crippen molar-refractivity contribution >= 4 is 6.03 Å². The average Bonchev–Trinajstić information content (AvgIpc) is 3.28. The molecule has 2 aromatic rings. The highest BCUT2D eigenvalue weighted by Gasteiger charge is 2.26. The SMILES string of the molecule is COc1ccc(-c2cc(CNC(=O)N(C)C3CCN(C)C3)no2)cc1. The Morgan fingerprint density at radius 3 is 2.84 bits per heavy atom. The van der Waals surface area contributed by atoms with Crippen molar-refractivity contribution in [3.05, 3.63) is 36.0 Å². The molecule has 0 spiro atoms. The topological polar surface area (TPSA) is 70.8 Å². The molecule has 7 nitrogen and oxygen atoms in total. The summed E-state index contributed by atoms with van der Waals surface area (Å²) in [6.07, 6.45) is 1.01. The van der Waals surface area contributed by atoms with E-state index in [1.807, 2.05) is 37.4 Å². The van der Waals surface area contributed by atoms with Gasteiger partial charge in [-0.05, 0) is 44.3 Å². The smallest absolute Gasteiger partial charge is 0.317 e. The second-order valence-corrected chi connectivity index (χ2v) is 6.39. The van der Waals surface area contributed by atoms with Gasteiger partial charge in [-0.3, -0.25) is 0 Å². The van der Waals surface area contributed by atoms with Crippen molar-refractivity contribution in [3.63, 3.8) is 0 Å². The monoisotopic (exact) mass is 344 g/mol. The van der Waals surface area contributed by atoms with Gasteiger partial charge < -0.3 is 24.4 Å². The van der Waals surface area contributed by atoms with Gasteiger partial charge in [-0.15, -0.1) is 0 Å². The highest BCUT2D eigenvalue weighted by atomic mass is 16.5. The minimum atomic E-state index is -0.0886. The first kappa shape index (κ1) is 17.3. The summed E-state index contributed by atoms with van der Waals surface area (Å²) in [6.45, 7) is 2.28. The second kappa shape index (κ2) is 7.57. The number of benzene rings is 1. The van der Waals surface area contributed by atoms with Crippen LogP contribution in [0.15, 0.2) is 34.9 Å². The molecule has 0 aliphatic carbocycles. The van der Waals surface area contributed by atoms with E-state index in [0.29, 0.717) is 18.0 Å². The maximum atomic E-state index is 12.3. The highest BCUT2D eigenvalue weighted by Crippen LogP contribution is 2.23. The van der Waals surface area contributed by atoms with Gasteiger partial charge in [0.2, 0.25) is 0 Å². The van der Waals surface area contributed by atoms with E-state index in [9.17, 15) is 4.79 Å². The predicted molar refractivity (Wildman–Crippen MR) is 94.4 cm³/mol. The van der Waals surface area contributed by atoms with Gasteiger partial charge in [0.05, 0.1) is 13.7 Å². The minimum absolute atomic E-state index is 0.0886. The summed E-state index contributed by atoms with van der Waals surface area (Å²) in [7, 11) is 5.54. The van der Waals surface area contributed by atoms with E-state index < -0.39 is 0 Å². The molecule has 0 radical (unpaired) electrons. The predicted octanol–water partition coefficient (Wildman–Crippen LogP) is 2.20. The molecule has 1 N–H and O–H groups in total. The van der Waals surface area contributed by atoms with Gasteiger partial charge in [0.25, 0.3) is 0 Å². The van der Waals surface area contributed by atoms with Crippen molar-refractivity contribution in [2.45, 2.75) is 19.0 Å². The number of rotatable bonds is 5. The molecule has 0 saturated carbocycles. The van der Waals surface area contributed by atoms with Crippen molar-refractivity contribution in [2.75, 3.05) is 34.3 Å². The summed E-state index contributed by atoms with van der Waals surface area (Å²) in [5.74, 6) is 1.45. The molecular formula is C18H24N4O3. The molecule has 2 heterocycles. The maximum Gasteiger partial charge on any atom is 0.317 e. The number of likely N-dealkylation sites (N-methyl/N-ethyl adjacent to an activating group) is 2. The van der Waals surface area contributed by atoms with Gasteiger partial charge in [-0.2, -0.15) is 0 Å². The van der Waals surface area contributed by atoms with Crippen molar-refractivity contribution in [1.82, 2.24) is 20.3 Å². The number of methoxy groups -OCH3 is 1. The number of ether oxygens (including phenoxy) is 1. The summed E-state index contributed by atoms with van der Waals surface area (Å²) >= 11 is 0. The zero-order valence-electron chi connectivity index (χ0n) is 14.9. The molecule has 0 bridgehead atoms. The number of nitrogens with zero attached hydrogens (tertiary/aromatic N) is 3. The lowest BCUT2D eigenvalue weighted by molar-refractivity contribution is 0.190. The first-order valence-electron chi connectivity index (χ1n) is 8.36. The van der Waals surface area contributed by atoms with E-state index in [0.717, 1.165) is 30.8 Å². The first-order valence-corrected chi connectivity index (χ1v) is 8.36. The maximum absolute atomic E-state index is 12.3. The third kappa shape index (κ3) is 4.11. The van der Waals surface area contributed by atoms with Crippen molar-refractivity contribution < 1.29 is 14.1 Å². The molecule has 1 aromatic heterocycles. The zero-order valence-corrected chi connectivity index (χ0v) is 14.9. The molecule has 1 saturated heterocycles. The summed E-state index contributed by atoms with van der Waals surface area (Å²) in [4.78, 5) is 16.3. The Balaban J connectivity index is 1.55. The van der Waals surface area contributed by atoms with Gasteiger partial charge in [-0.25, -0.2) is 4.79 Å². The lowest BCUT2D eigenvalue weighted by atomic mass is 10.1. The lowest BCUT2D eigenvalue weighted by Gasteiger charge is -2.24. The van der Waals surface area contributed by atoms with E-state index in [-0.39, 0.29) is 12.1 Å². The fourth-order valence-electron chi connectivity index (χ4n) is 2.97. The van der Waals surface area contributed by atoms with Crippen LogP contribution in [0.4, 0.5) is 4.79 Å². The molecule has 1 unspecified atom stereocenters. The number of aromatic nitrogens is 1. The summed E-state index contributed by atoms with van der Waals surface area (Å²) in [5.41, 5.74) is 1.60. The molecule has 2 amide bonds. The van der Waals surface area contributed by atoms with E-state index in [1.165, 1.54) is 0 Å². The van der Waals surface area contributed by atoms with Crippen LogP contribution in [-0.4, -0.2) is 61.3 Å². The molecule has 1 aliphatic heterocycles. The number of hydrogen-bond acceptors (Lipinski definition) is 5. The Morgan fingerprint density at radius 1 is 1.44 bits per heavy atom. The number of urea groups is 1. The van der Waals surface area contributed by atoms with Gasteiger partial charge in [0.1, 0.15) is 11.4 Å². The van der Waals surface area contributed by atoms with Gasteiger partial charge >= 0.3 is 6.03 Å². The first-order chi connectivity index (χ1) is 12.1. The number of hydrogen-bond donors (Lipinski definition) is 1. The van der Waals surface area contributed by atoms with Crippen LogP contribution in [0.1, 0.15) is 12.1 Å². The number of likely N-dealkylation sites (tertiary alicyclic amines) is 1. The largest absolute Gasteiger partial charge is 0.497 e. The Hall–Kier alpha value is -2.54. The molecule has 134 valence electrons. The van der Waals surface area contributed by atoms with Crippen LogP contribution in [0.25, 0.3) is 11.3 Å². The van der Waals surface area contributed by atoms with Crippen LogP contribution >= 0.6 is 0 Å². The zero-order chi connectivity index (χ0) is 17.8. The van der Waals surface area contributed by atoms with Crippen LogP contribution in [0.5, 0.6) is 5.75 Å². The van der Waals surface area contributed by atoms with Gasteiger partial charge in [0.15, 0.2) is 5.76 Å². The number of carbonyl (C=O) groups is 1. The lowest BCUT2D eigenvalue weighted by Crippen LogP contribution is -2.44. The van der Waals surface area contributed by atoms with E-state index in [4.69, 9.17) is 9.26 Å². The molecule has 1 aromatic carbocycles. The molecule has 7 heteroatoms. The van der Waals surface area contributed by atoms with Crippen LogP contribution in [0.2, 0.25) is 0 Å². The number of nitrogens with one attached hydrogen (secondary N) is 1. The highest BCUT2D eigenvalue weighted by molar-refractivity contribution is 5.74. The van der Waals surface area contributed by atoms with E-state index >= 15 is 0 Å². The molecule has 1 atom stereocenters. The van der Waals surface area contributed by atoms with Gasteiger partial charge in [0, 0.05) is 31.3 Å². The van der Waals surface area contributed by atoms with Crippen LogP contribution in [0, 0.1) is 0 Å². The molecule has 3 rings (SSSR count). The Labute approximate surface area is 147 Å². The average molecular weight is 344 g/mol. The minimum Gasteiger partial charge on any atom is -0.497 e. The summed E-state index contributed by atoms with van der Waals surface area (Å²) < 4.78 is 10.5. The summed E-state index contributed by atoms with van der Waals surface area (Å²) in [5, 5.41) is 6.93. The Kier molecular flexibility index (Phi) is 5.23. The third-order valence-corrected chi connectivity index (χ3v) is 4.59. The van der Waals surface area contributed by atoms with Crippen molar-refractivity contribution in [2.24, 2.45) is 0 Å². The molecule has 25 heavy (non-hydrogen) atoms. The fourth-order valence-corrected chi connectivity index (χ4v) is 2.97. The van der Waals surface area contributed by atoms with Crippen molar-refractivity contribution in [3.8, 4) is 17.1 Å². The van der Waals surface area contributed by atoms with E-state index in [1.54, 1.807) is 12.0 Å². The van der Waals surface area contributed by atoms with Gasteiger partial charge in [-0.1, -0.05) is 5.16 Å². The number of amides is 2. The fraction of sp³-hybridized carbons (Fsp3) is 0.444. The Morgan fingerprint density at radius 2 is 2.20 bits per heavy atom. The molecule has 1 aliphatic rings. The standard InChI is InChI=1S/C18H24N4O3/c1-21-9-8-15(12-21)22(2)18(23)19-11-14-10-17(25-20-14)13-4-6-16(24-3)7-5-13/h4-7,10,15H,8-9,11-12H2,1-3H3,(H,19,23). The Bertz CT molecular complexity index is 713. The van der Waals surface area contributed by atoms with Crippen LogP contribution in [-0.2, 0) is 6.54 Å². The van der Waals surface area contributed by atoms with E-state index in [2.05, 4.69) is 22.4 Å². The summed E-state index contributed by atoms with van der Waals surface area (Å²) in [6, 6.07) is 9.56. The third-order valence-electron chi connectivity index (χ3n) is 4.59.